The van der Waals surface area contributed by atoms with E-state index in [2.05, 4.69) is 25.7 Å². The zero-order valence-electron chi connectivity index (χ0n) is 14.4. The summed E-state index contributed by atoms with van der Waals surface area (Å²) in [5.74, 6) is 1.56. The Morgan fingerprint density at radius 2 is 1.71 bits per heavy atom. The van der Waals surface area contributed by atoms with Gasteiger partial charge in [0.1, 0.15) is 0 Å². The molecule has 124 valence electrons. The van der Waals surface area contributed by atoms with Crippen molar-refractivity contribution in [1.29, 1.82) is 0 Å². The maximum absolute atomic E-state index is 11.4. The number of hydrogen-bond acceptors (Lipinski definition) is 3. The minimum absolute atomic E-state index is 0.0113. The monoisotopic (exact) mass is 296 g/mol. The lowest BCUT2D eigenvalue weighted by molar-refractivity contribution is -0.137. The molecule has 0 radical (unpaired) electrons. The van der Waals surface area contributed by atoms with Gasteiger partial charge < -0.3 is 15.7 Å². The lowest BCUT2D eigenvalue weighted by Crippen LogP contribution is -2.59. The van der Waals surface area contributed by atoms with E-state index >= 15 is 0 Å². The number of nitrogens with zero attached hydrogens (tertiary/aromatic N) is 1. The lowest BCUT2D eigenvalue weighted by atomic mass is 9.58. The van der Waals surface area contributed by atoms with Crippen LogP contribution in [0.2, 0.25) is 0 Å². The minimum atomic E-state index is -0.520. The van der Waals surface area contributed by atoms with Crippen LogP contribution in [0, 0.1) is 17.3 Å². The zero-order valence-corrected chi connectivity index (χ0v) is 14.4. The van der Waals surface area contributed by atoms with Crippen molar-refractivity contribution in [2.24, 2.45) is 23.0 Å². The highest BCUT2D eigenvalue weighted by Crippen LogP contribution is 2.50. The molecule has 21 heavy (non-hydrogen) atoms. The van der Waals surface area contributed by atoms with Gasteiger partial charge in [0.2, 0.25) is 0 Å². The van der Waals surface area contributed by atoms with Crippen molar-refractivity contribution < 1.29 is 5.11 Å². The van der Waals surface area contributed by atoms with Crippen LogP contribution < -0.4 is 5.73 Å². The fourth-order valence-electron chi connectivity index (χ4n) is 4.65. The fourth-order valence-corrected chi connectivity index (χ4v) is 4.65. The van der Waals surface area contributed by atoms with Crippen LogP contribution in [0.4, 0.5) is 0 Å². The van der Waals surface area contributed by atoms with E-state index in [1.807, 2.05) is 0 Å². The van der Waals surface area contributed by atoms with Gasteiger partial charge in [0.05, 0.1) is 5.60 Å². The van der Waals surface area contributed by atoms with E-state index in [-0.39, 0.29) is 5.41 Å². The summed E-state index contributed by atoms with van der Waals surface area (Å²) < 4.78 is 0. The van der Waals surface area contributed by atoms with Crippen LogP contribution in [-0.2, 0) is 0 Å². The van der Waals surface area contributed by atoms with Gasteiger partial charge in [-0.15, -0.1) is 0 Å². The van der Waals surface area contributed by atoms with Crippen LogP contribution in [0.15, 0.2) is 0 Å². The molecule has 2 fully saturated rings. The molecular weight excluding hydrogens is 260 g/mol. The maximum atomic E-state index is 11.4. The standard InChI is InChI=1S/C18H36N2O/c1-4-16-5-7-17(14-19,8-6-16)18(21)9-11-20(12-10-18)13-15(2)3/h15-16,21H,4-14,19H2,1-3H3. The van der Waals surface area contributed by atoms with Gasteiger partial charge in [-0.1, -0.05) is 27.2 Å². The zero-order chi connectivity index (χ0) is 15.5. The molecular formula is C18H36N2O. The third kappa shape index (κ3) is 3.62. The van der Waals surface area contributed by atoms with E-state index in [0.717, 1.165) is 51.2 Å². The van der Waals surface area contributed by atoms with Crippen LogP contribution in [0.3, 0.4) is 0 Å². The smallest absolute Gasteiger partial charge is 0.0740 e. The molecule has 2 aliphatic rings. The molecule has 0 unspecified atom stereocenters. The van der Waals surface area contributed by atoms with Gasteiger partial charge in [0.15, 0.2) is 0 Å². The molecule has 3 heteroatoms. The molecule has 1 saturated heterocycles. The first-order valence-corrected chi connectivity index (χ1v) is 9.09. The summed E-state index contributed by atoms with van der Waals surface area (Å²) in [5, 5.41) is 11.4. The third-order valence-electron chi connectivity index (χ3n) is 6.32. The number of hydrogen-bond donors (Lipinski definition) is 2. The first-order valence-electron chi connectivity index (χ1n) is 9.09. The molecule has 0 atom stereocenters. The Morgan fingerprint density at radius 1 is 1.14 bits per heavy atom. The second kappa shape index (κ2) is 6.97. The summed E-state index contributed by atoms with van der Waals surface area (Å²) in [6.45, 7) is 10.7. The SMILES string of the molecule is CCC1CCC(CN)(C2(O)CCN(CC(C)C)CC2)CC1. The molecule has 0 spiro atoms. The maximum Gasteiger partial charge on any atom is 0.0740 e. The largest absolute Gasteiger partial charge is 0.389 e. The number of aliphatic hydroxyl groups is 1. The van der Waals surface area contributed by atoms with Gasteiger partial charge in [-0.3, -0.25) is 0 Å². The van der Waals surface area contributed by atoms with Crippen molar-refractivity contribution in [3.8, 4) is 0 Å². The summed E-state index contributed by atoms with van der Waals surface area (Å²) in [4.78, 5) is 2.51. The molecule has 1 saturated carbocycles. The molecule has 2 rings (SSSR count). The van der Waals surface area contributed by atoms with Crippen molar-refractivity contribution >= 4 is 0 Å². The molecule has 0 aromatic carbocycles. The molecule has 0 amide bonds. The van der Waals surface area contributed by atoms with Crippen LogP contribution in [-0.4, -0.2) is 41.8 Å². The molecule has 1 aliphatic heterocycles. The normalized spacial score (nSPS) is 34.3. The van der Waals surface area contributed by atoms with Crippen LogP contribution >= 0.6 is 0 Å². The summed E-state index contributed by atoms with van der Waals surface area (Å²) in [6, 6.07) is 0. The number of piperidine rings is 1. The van der Waals surface area contributed by atoms with Gasteiger partial charge in [-0.05, 0) is 50.4 Å². The average Bonchev–Trinajstić information content (AvgIpc) is 2.49. The highest BCUT2D eigenvalue weighted by Gasteiger charge is 2.51. The Morgan fingerprint density at radius 3 is 2.14 bits per heavy atom. The summed E-state index contributed by atoms with van der Waals surface area (Å²) >= 11 is 0. The van der Waals surface area contributed by atoms with Crippen LogP contribution in [0.1, 0.15) is 65.7 Å². The van der Waals surface area contributed by atoms with Crippen molar-refractivity contribution in [1.82, 2.24) is 4.90 Å². The fraction of sp³-hybridized carbons (Fsp3) is 1.00. The van der Waals surface area contributed by atoms with E-state index in [4.69, 9.17) is 5.73 Å². The van der Waals surface area contributed by atoms with E-state index < -0.39 is 5.60 Å². The predicted molar refractivity (Wildman–Crippen MR) is 89.2 cm³/mol. The second-order valence-corrected chi connectivity index (χ2v) is 8.06. The van der Waals surface area contributed by atoms with Gasteiger partial charge in [-0.25, -0.2) is 0 Å². The van der Waals surface area contributed by atoms with Crippen molar-refractivity contribution in [3.05, 3.63) is 0 Å². The Balaban J connectivity index is 1.99. The first-order chi connectivity index (χ1) is 9.94. The minimum Gasteiger partial charge on any atom is -0.389 e. The second-order valence-electron chi connectivity index (χ2n) is 8.06. The third-order valence-corrected chi connectivity index (χ3v) is 6.32. The van der Waals surface area contributed by atoms with Gasteiger partial charge >= 0.3 is 0 Å². The molecule has 0 bridgehead atoms. The predicted octanol–water partition coefficient (Wildman–Crippen LogP) is 3.01. The Labute approximate surface area is 131 Å². The van der Waals surface area contributed by atoms with Crippen molar-refractivity contribution in [3.63, 3.8) is 0 Å². The van der Waals surface area contributed by atoms with Gasteiger partial charge in [-0.2, -0.15) is 0 Å². The van der Waals surface area contributed by atoms with Gasteiger partial charge in [0.25, 0.3) is 0 Å². The highest BCUT2D eigenvalue weighted by atomic mass is 16.3. The summed E-state index contributed by atoms with van der Waals surface area (Å²) in [6.07, 6.45) is 7.87. The van der Waals surface area contributed by atoms with E-state index in [0.29, 0.717) is 12.5 Å². The van der Waals surface area contributed by atoms with E-state index in [9.17, 15) is 5.11 Å². The molecule has 3 nitrogen and oxygen atoms in total. The average molecular weight is 296 g/mol. The Bertz CT molecular complexity index is 313. The van der Waals surface area contributed by atoms with Crippen LogP contribution in [0.5, 0.6) is 0 Å². The number of nitrogens with two attached hydrogens (primary N) is 1. The Kier molecular flexibility index (Phi) is 5.72. The first kappa shape index (κ1) is 17.2. The molecule has 1 aliphatic carbocycles. The summed E-state index contributed by atoms with van der Waals surface area (Å²) in [7, 11) is 0. The van der Waals surface area contributed by atoms with E-state index in [1.54, 1.807) is 0 Å². The topological polar surface area (TPSA) is 49.5 Å². The van der Waals surface area contributed by atoms with Crippen LogP contribution in [0.25, 0.3) is 0 Å². The summed E-state index contributed by atoms with van der Waals surface area (Å²) in [5.41, 5.74) is 5.65. The van der Waals surface area contributed by atoms with Crippen molar-refractivity contribution in [2.75, 3.05) is 26.2 Å². The number of likely N-dealkylation sites (tertiary alicyclic amines) is 1. The quantitative estimate of drug-likeness (QED) is 0.820. The lowest BCUT2D eigenvalue weighted by Gasteiger charge is -2.53. The molecule has 0 aromatic heterocycles. The Hall–Kier alpha value is -0.120. The number of rotatable bonds is 5. The van der Waals surface area contributed by atoms with Gasteiger partial charge in [0, 0.05) is 31.6 Å². The van der Waals surface area contributed by atoms with Crippen molar-refractivity contribution in [2.45, 2.75) is 71.3 Å². The highest BCUT2D eigenvalue weighted by molar-refractivity contribution is 5.04. The molecule has 3 N–H and O–H groups in total. The van der Waals surface area contributed by atoms with E-state index in [1.165, 1.54) is 19.3 Å². The molecule has 0 aromatic rings. The molecule has 1 heterocycles.